The number of piperazine rings is 1. The van der Waals surface area contributed by atoms with Crippen LogP contribution in [-0.4, -0.2) is 75.9 Å². The Balaban J connectivity index is 1.70. The van der Waals surface area contributed by atoms with Crippen molar-refractivity contribution in [1.29, 1.82) is 0 Å². The first-order valence-corrected chi connectivity index (χ1v) is 12.7. The number of carbonyl (C=O) groups is 1. The van der Waals surface area contributed by atoms with Crippen LogP contribution < -0.4 is 9.80 Å². The fourth-order valence-electron chi connectivity index (χ4n) is 5.39. The molecule has 2 saturated heterocycles. The molecule has 0 saturated carbocycles. The summed E-state index contributed by atoms with van der Waals surface area (Å²) in [6.07, 6.45) is 1.28. The van der Waals surface area contributed by atoms with E-state index in [1.54, 1.807) is 4.90 Å². The van der Waals surface area contributed by atoms with Crippen molar-refractivity contribution < 1.29 is 23.8 Å². The molecule has 200 valence electrons. The summed E-state index contributed by atoms with van der Waals surface area (Å²) in [7, 11) is 0. The summed E-state index contributed by atoms with van der Waals surface area (Å²) < 4.78 is 31.0. The number of anilines is 2. The number of nitrogens with zero attached hydrogens (tertiary/aromatic N) is 5. The van der Waals surface area contributed by atoms with Gasteiger partial charge >= 0.3 is 0 Å². The van der Waals surface area contributed by atoms with Gasteiger partial charge in [0.25, 0.3) is 0 Å². The normalized spacial score (nSPS) is 20.1. The van der Waals surface area contributed by atoms with Crippen LogP contribution in [0.25, 0.3) is 22.0 Å². The molecule has 11 heteroatoms. The van der Waals surface area contributed by atoms with Crippen LogP contribution in [0.5, 0.6) is 5.75 Å². The van der Waals surface area contributed by atoms with Gasteiger partial charge in [-0.2, -0.15) is 4.98 Å². The molecule has 38 heavy (non-hydrogen) atoms. The Morgan fingerprint density at radius 2 is 1.84 bits per heavy atom. The fraction of sp³-hybridized carbons (Fsp3) is 0.370. The smallest absolute Gasteiger partial charge is 0.246 e. The fourth-order valence-corrected chi connectivity index (χ4v) is 5.68. The van der Waals surface area contributed by atoms with E-state index in [1.807, 2.05) is 23.6 Å². The third kappa shape index (κ3) is 4.31. The molecule has 0 bridgehead atoms. The van der Waals surface area contributed by atoms with E-state index in [0.29, 0.717) is 37.4 Å². The topological polar surface area (TPSA) is 93.0 Å². The number of phenolic OH excluding ortho intramolecular Hbond substituents is 1. The van der Waals surface area contributed by atoms with E-state index in [1.165, 1.54) is 24.3 Å². The van der Waals surface area contributed by atoms with Gasteiger partial charge < -0.3 is 24.9 Å². The van der Waals surface area contributed by atoms with E-state index < -0.39 is 17.4 Å². The van der Waals surface area contributed by atoms with Gasteiger partial charge in [-0.1, -0.05) is 24.2 Å². The number of hydrogen-bond acceptors (Lipinski definition) is 7. The van der Waals surface area contributed by atoms with Gasteiger partial charge in [0.15, 0.2) is 5.82 Å². The Hall–Kier alpha value is -3.50. The number of carbonyl (C=O) groups excluding carboxylic acids is 1. The van der Waals surface area contributed by atoms with Crippen molar-refractivity contribution in [1.82, 2.24) is 14.9 Å². The molecule has 2 aliphatic rings. The number of rotatable bonds is 5. The lowest BCUT2D eigenvalue weighted by Crippen LogP contribution is -2.58. The Bertz CT molecular complexity index is 1400. The zero-order valence-corrected chi connectivity index (χ0v) is 21.8. The standard InChI is InChI=1S/C27H28ClF2N5O3/c1-4-21(38)33-9-14(2)35(15(3)10-33)26-17-8-18(28)22(23-19(29)6-5-7-20(23)37)24(30)25(17)31-27(32-26)34-11-16(12-34)13-36/h4-8,14-16,36-37H,1,9-13H2,2-3H3/t14-,15+. The maximum absolute atomic E-state index is 16.2. The molecule has 0 aliphatic carbocycles. The maximum Gasteiger partial charge on any atom is 0.246 e. The average Bonchev–Trinajstić information content (AvgIpc) is 2.84. The van der Waals surface area contributed by atoms with Crippen molar-refractivity contribution in [3.8, 4) is 16.9 Å². The molecular weight excluding hydrogens is 516 g/mol. The highest BCUT2D eigenvalue weighted by molar-refractivity contribution is 6.34. The SMILES string of the molecule is C=CC(=O)N1C[C@@H](C)N(c2nc(N3CC(CO)C3)nc3c(F)c(-c4c(O)cccc4F)c(Cl)cc23)[C@@H](C)C1. The Kier molecular flexibility index (Phi) is 6.87. The number of fused-ring (bicyclic) bond motifs is 1. The molecule has 2 aliphatic heterocycles. The van der Waals surface area contributed by atoms with E-state index in [9.17, 15) is 19.4 Å². The highest BCUT2D eigenvalue weighted by atomic mass is 35.5. The highest BCUT2D eigenvalue weighted by Gasteiger charge is 2.36. The molecule has 1 amide bonds. The third-order valence-electron chi connectivity index (χ3n) is 7.24. The van der Waals surface area contributed by atoms with Gasteiger partial charge in [-0.3, -0.25) is 4.79 Å². The lowest BCUT2D eigenvalue weighted by molar-refractivity contribution is -0.127. The van der Waals surface area contributed by atoms with Crippen molar-refractivity contribution >= 4 is 40.2 Å². The number of aromatic hydroxyl groups is 1. The van der Waals surface area contributed by atoms with Crippen LogP contribution in [0.15, 0.2) is 36.9 Å². The number of amides is 1. The van der Waals surface area contributed by atoms with Crippen molar-refractivity contribution in [3.63, 3.8) is 0 Å². The van der Waals surface area contributed by atoms with Crippen molar-refractivity contribution in [2.75, 3.05) is 42.6 Å². The molecule has 5 rings (SSSR count). The van der Waals surface area contributed by atoms with E-state index in [-0.39, 0.29) is 58.1 Å². The van der Waals surface area contributed by atoms with Crippen LogP contribution in [0.1, 0.15) is 13.8 Å². The van der Waals surface area contributed by atoms with E-state index in [2.05, 4.69) is 11.6 Å². The van der Waals surface area contributed by atoms with Crippen molar-refractivity contribution in [2.24, 2.45) is 5.92 Å². The van der Waals surface area contributed by atoms with E-state index in [4.69, 9.17) is 16.6 Å². The summed E-state index contributed by atoms with van der Waals surface area (Å²) in [4.78, 5) is 27.2. The second-order valence-electron chi connectivity index (χ2n) is 9.93. The maximum atomic E-state index is 16.2. The predicted molar refractivity (Wildman–Crippen MR) is 143 cm³/mol. The number of benzene rings is 2. The summed E-state index contributed by atoms with van der Waals surface area (Å²) in [5, 5.41) is 20.1. The minimum atomic E-state index is -0.877. The summed E-state index contributed by atoms with van der Waals surface area (Å²) in [6, 6.07) is 4.82. The van der Waals surface area contributed by atoms with Crippen LogP contribution in [-0.2, 0) is 4.79 Å². The molecule has 2 N–H and O–H groups in total. The number of phenols is 1. The summed E-state index contributed by atoms with van der Waals surface area (Å²) >= 11 is 6.54. The summed E-state index contributed by atoms with van der Waals surface area (Å²) in [5.41, 5.74) is -0.700. The van der Waals surface area contributed by atoms with Gasteiger partial charge in [-0.05, 0) is 38.1 Å². The van der Waals surface area contributed by atoms with Gasteiger partial charge in [-0.25, -0.2) is 13.8 Å². The monoisotopic (exact) mass is 543 g/mol. The van der Waals surface area contributed by atoms with Gasteiger partial charge in [0.05, 0.1) is 10.6 Å². The largest absolute Gasteiger partial charge is 0.507 e. The molecule has 3 heterocycles. The number of aliphatic hydroxyl groups excluding tert-OH is 1. The van der Waals surface area contributed by atoms with E-state index in [0.717, 1.165) is 6.07 Å². The third-order valence-corrected chi connectivity index (χ3v) is 7.54. The molecule has 2 atom stereocenters. The first kappa shape index (κ1) is 26.1. The van der Waals surface area contributed by atoms with Gasteiger partial charge in [0.2, 0.25) is 11.9 Å². The second-order valence-corrected chi connectivity index (χ2v) is 10.3. The van der Waals surface area contributed by atoms with Crippen molar-refractivity contribution in [2.45, 2.75) is 25.9 Å². The summed E-state index contributed by atoms with van der Waals surface area (Å²) in [6.45, 7) is 9.31. The van der Waals surface area contributed by atoms with Gasteiger partial charge in [-0.15, -0.1) is 0 Å². The molecule has 3 aromatic rings. The van der Waals surface area contributed by atoms with Crippen LogP contribution in [0, 0.1) is 17.6 Å². The molecule has 0 spiro atoms. The van der Waals surface area contributed by atoms with Crippen LogP contribution in [0.3, 0.4) is 0 Å². The number of aromatic nitrogens is 2. The number of hydrogen-bond donors (Lipinski definition) is 2. The minimum Gasteiger partial charge on any atom is -0.507 e. The molecular formula is C27H28ClF2N5O3. The van der Waals surface area contributed by atoms with Crippen LogP contribution in [0.4, 0.5) is 20.5 Å². The molecule has 2 fully saturated rings. The highest BCUT2D eigenvalue weighted by Crippen LogP contribution is 2.43. The van der Waals surface area contributed by atoms with Gasteiger partial charge in [0, 0.05) is 61.7 Å². The van der Waals surface area contributed by atoms with E-state index >= 15 is 4.39 Å². The van der Waals surface area contributed by atoms with Crippen LogP contribution >= 0.6 is 11.6 Å². The Morgan fingerprint density at radius 1 is 1.16 bits per heavy atom. The number of halogens is 3. The van der Waals surface area contributed by atoms with Gasteiger partial charge in [0.1, 0.15) is 22.9 Å². The predicted octanol–water partition coefficient (Wildman–Crippen LogP) is 3.97. The van der Waals surface area contributed by atoms with Crippen LogP contribution in [0.2, 0.25) is 5.02 Å². The second kappa shape index (κ2) is 9.99. The first-order valence-electron chi connectivity index (χ1n) is 12.4. The lowest BCUT2D eigenvalue weighted by atomic mass is 9.99. The molecule has 0 radical (unpaired) electrons. The molecule has 0 unspecified atom stereocenters. The lowest BCUT2D eigenvalue weighted by Gasteiger charge is -2.45. The molecule has 8 nitrogen and oxygen atoms in total. The average molecular weight is 544 g/mol. The Morgan fingerprint density at radius 3 is 2.45 bits per heavy atom. The number of aliphatic hydroxyl groups is 1. The first-order chi connectivity index (χ1) is 18.1. The summed E-state index contributed by atoms with van der Waals surface area (Å²) in [5.74, 6) is -1.55. The zero-order valence-electron chi connectivity index (χ0n) is 21.0. The zero-order chi connectivity index (χ0) is 27.3. The minimum absolute atomic E-state index is 0.0188. The quantitative estimate of drug-likeness (QED) is 0.470. The molecule has 1 aromatic heterocycles. The molecule has 2 aromatic carbocycles. The Labute approximate surface area is 223 Å². The van der Waals surface area contributed by atoms with Crippen molar-refractivity contribution in [3.05, 3.63) is 53.6 Å².